The van der Waals surface area contributed by atoms with E-state index in [0.29, 0.717) is 24.5 Å². The second-order valence-electron chi connectivity index (χ2n) is 3.41. The zero-order chi connectivity index (χ0) is 12.7. The summed E-state index contributed by atoms with van der Waals surface area (Å²) in [6, 6.07) is 3.31. The summed E-state index contributed by atoms with van der Waals surface area (Å²) < 4.78 is 10.3. The SMILES string of the molecule is CCOC(=O)C(CC)Oc1ccc(CO)nc1. The van der Waals surface area contributed by atoms with Crippen molar-refractivity contribution in [3.8, 4) is 5.75 Å². The number of pyridine rings is 1. The summed E-state index contributed by atoms with van der Waals surface area (Å²) in [4.78, 5) is 15.5. The summed E-state index contributed by atoms with van der Waals surface area (Å²) in [7, 11) is 0. The Morgan fingerprint density at radius 1 is 1.47 bits per heavy atom. The van der Waals surface area contributed by atoms with E-state index in [2.05, 4.69) is 4.98 Å². The third kappa shape index (κ3) is 4.03. The van der Waals surface area contributed by atoms with E-state index in [9.17, 15) is 4.79 Å². The Kier molecular flexibility index (Phi) is 5.42. The standard InChI is InChI=1S/C12H17NO4/c1-3-11(12(15)16-4-2)17-10-6-5-9(8-14)13-7-10/h5-7,11,14H,3-4,8H2,1-2H3. The molecule has 5 nitrogen and oxygen atoms in total. The molecule has 0 amide bonds. The molecule has 1 rings (SSSR count). The number of carbonyl (C=O) groups is 1. The topological polar surface area (TPSA) is 68.7 Å². The van der Waals surface area contributed by atoms with Crippen LogP contribution in [0.2, 0.25) is 0 Å². The molecule has 1 unspecified atom stereocenters. The Labute approximate surface area is 100 Å². The van der Waals surface area contributed by atoms with Gasteiger partial charge in [-0.05, 0) is 25.5 Å². The molecule has 5 heteroatoms. The van der Waals surface area contributed by atoms with E-state index in [1.54, 1.807) is 19.1 Å². The predicted octanol–water partition coefficient (Wildman–Crippen LogP) is 1.29. The summed E-state index contributed by atoms with van der Waals surface area (Å²) in [5.41, 5.74) is 0.557. The maximum absolute atomic E-state index is 11.5. The van der Waals surface area contributed by atoms with Crippen LogP contribution in [0.1, 0.15) is 26.0 Å². The molecule has 17 heavy (non-hydrogen) atoms. The lowest BCUT2D eigenvalue weighted by molar-refractivity contribution is -0.151. The number of hydrogen-bond donors (Lipinski definition) is 1. The van der Waals surface area contributed by atoms with Crippen molar-refractivity contribution in [2.45, 2.75) is 33.0 Å². The molecule has 0 aliphatic carbocycles. The summed E-state index contributed by atoms with van der Waals surface area (Å²) in [6.07, 6.45) is 1.39. The minimum Gasteiger partial charge on any atom is -0.477 e. The molecule has 0 saturated heterocycles. The highest BCUT2D eigenvalue weighted by Crippen LogP contribution is 2.13. The molecule has 0 bridgehead atoms. The van der Waals surface area contributed by atoms with Crippen LogP contribution in [-0.4, -0.2) is 28.8 Å². The normalized spacial score (nSPS) is 11.9. The number of rotatable bonds is 6. The maximum Gasteiger partial charge on any atom is 0.347 e. The first kappa shape index (κ1) is 13.4. The average molecular weight is 239 g/mol. The summed E-state index contributed by atoms with van der Waals surface area (Å²) in [5, 5.41) is 8.84. The van der Waals surface area contributed by atoms with Crippen LogP contribution in [0.25, 0.3) is 0 Å². The van der Waals surface area contributed by atoms with E-state index >= 15 is 0 Å². The van der Waals surface area contributed by atoms with Gasteiger partial charge in [-0.1, -0.05) is 6.92 Å². The van der Waals surface area contributed by atoms with E-state index in [0.717, 1.165) is 0 Å². The largest absolute Gasteiger partial charge is 0.477 e. The van der Waals surface area contributed by atoms with Gasteiger partial charge in [0.15, 0.2) is 6.10 Å². The van der Waals surface area contributed by atoms with Crippen LogP contribution in [0, 0.1) is 0 Å². The van der Waals surface area contributed by atoms with Crippen LogP contribution >= 0.6 is 0 Å². The first-order valence-electron chi connectivity index (χ1n) is 5.60. The molecule has 0 aromatic carbocycles. The zero-order valence-electron chi connectivity index (χ0n) is 10.0. The van der Waals surface area contributed by atoms with Gasteiger partial charge in [0.25, 0.3) is 0 Å². The van der Waals surface area contributed by atoms with Crippen LogP contribution in [0.4, 0.5) is 0 Å². The fraction of sp³-hybridized carbons (Fsp3) is 0.500. The number of aliphatic hydroxyl groups excluding tert-OH is 1. The number of aromatic nitrogens is 1. The molecule has 0 spiro atoms. The molecule has 1 aromatic rings. The molecular formula is C12H17NO4. The van der Waals surface area contributed by atoms with E-state index in [-0.39, 0.29) is 12.6 Å². The van der Waals surface area contributed by atoms with Gasteiger partial charge in [0.1, 0.15) is 5.75 Å². The lowest BCUT2D eigenvalue weighted by atomic mass is 10.3. The Bertz CT molecular complexity index is 350. The molecule has 1 atom stereocenters. The second-order valence-corrected chi connectivity index (χ2v) is 3.41. The lowest BCUT2D eigenvalue weighted by Gasteiger charge is -2.15. The molecule has 0 radical (unpaired) electrons. The van der Waals surface area contributed by atoms with Gasteiger partial charge in [0.05, 0.1) is 25.1 Å². The van der Waals surface area contributed by atoms with Gasteiger partial charge in [-0.15, -0.1) is 0 Å². The minimum absolute atomic E-state index is 0.116. The molecule has 1 aromatic heterocycles. The van der Waals surface area contributed by atoms with Crippen molar-refractivity contribution in [3.63, 3.8) is 0 Å². The molecule has 1 heterocycles. The van der Waals surface area contributed by atoms with Crippen LogP contribution < -0.4 is 4.74 Å². The van der Waals surface area contributed by atoms with Crippen molar-refractivity contribution in [1.29, 1.82) is 0 Å². The molecule has 0 fully saturated rings. The third-order valence-corrected chi connectivity index (χ3v) is 2.16. The third-order valence-electron chi connectivity index (χ3n) is 2.16. The van der Waals surface area contributed by atoms with Crippen molar-refractivity contribution >= 4 is 5.97 Å². The van der Waals surface area contributed by atoms with Crippen molar-refractivity contribution in [2.75, 3.05) is 6.61 Å². The Morgan fingerprint density at radius 2 is 2.24 bits per heavy atom. The zero-order valence-corrected chi connectivity index (χ0v) is 10.0. The van der Waals surface area contributed by atoms with Gasteiger partial charge in [-0.3, -0.25) is 4.98 Å². The van der Waals surface area contributed by atoms with Gasteiger partial charge >= 0.3 is 5.97 Å². The fourth-order valence-electron chi connectivity index (χ4n) is 1.27. The van der Waals surface area contributed by atoms with Crippen LogP contribution in [0.15, 0.2) is 18.3 Å². The van der Waals surface area contributed by atoms with Crippen molar-refractivity contribution in [2.24, 2.45) is 0 Å². The van der Waals surface area contributed by atoms with Crippen molar-refractivity contribution < 1.29 is 19.4 Å². The highest BCUT2D eigenvalue weighted by atomic mass is 16.6. The van der Waals surface area contributed by atoms with Gasteiger partial charge in [-0.2, -0.15) is 0 Å². The summed E-state index contributed by atoms with van der Waals surface area (Å²) in [6.45, 7) is 3.81. The van der Waals surface area contributed by atoms with Crippen LogP contribution in [-0.2, 0) is 16.1 Å². The average Bonchev–Trinajstić information content (AvgIpc) is 2.37. The minimum atomic E-state index is -0.614. The number of carbonyl (C=O) groups excluding carboxylic acids is 1. The molecule has 94 valence electrons. The number of aliphatic hydroxyl groups is 1. The van der Waals surface area contributed by atoms with Crippen LogP contribution in [0.5, 0.6) is 5.75 Å². The lowest BCUT2D eigenvalue weighted by Crippen LogP contribution is -2.28. The van der Waals surface area contributed by atoms with Crippen molar-refractivity contribution in [1.82, 2.24) is 4.98 Å². The van der Waals surface area contributed by atoms with Gasteiger partial charge < -0.3 is 14.6 Å². The number of ether oxygens (including phenoxy) is 2. The number of esters is 1. The quantitative estimate of drug-likeness (QED) is 0.758. The number of hydrogen-bond acceptors (Lipinski definition) is 5. The molecule has 0 aliphatic heterocycles. The van der Waals surface area contributed by atoms with E-state index in [1.165, 1.54) is 6.20 Å². The monoisotopic (exact) mass is 239 g/mol. The Morgan fingerprint density at radius 3 is 2.71 bits per heavy atom. The molecule has 0 aliphatic rings. The smallest absolute Gasteiger partial charge is 0.347 e. The Balaban J connectivity index is 2.63. The molecule has 0 saturated carbocycles. The van der Waals surface area contributed by atoms with E-state index in [1.807, 2.05) is 6.92 Å². The van der Waals surface area contributed by atoms with E-state index in [4.69, 9.17) is 14.6 Å². The predicted molar refractivity (Wildman–Crippen MR) is 61.5 cm³/mol. The van der Waals surface area contributed by atoms with Gasteiger partial charge in [0.2, 0.25) is 0 Å². The summed E-state index contributed by atoms with van der Waals surface area (Å²) in [5.74, 6) is 0.114. The summed E-state index contributed by atoms with van der Waals surface area (Å²) >= 11 is 0. The second kappa shape index (κ2) is 6.85. The maximum atomic E-state index is 11.5. The highest BCUT2D eigenvalue weighted by molar-refractivity contribution is 5.75. The van der Waals surface area contributed by atoms with Crippen molar-refractivity contribution in [3.05, 3.63) is 24.0 Å². The number of nitrogens with zero attached hydrogens (tertiary/aromatic N) is 1. The first-order chi connectivity index (χ1) is 8.21. The Hall–Kier alpha value is -1.62. The molecular weight excluding hydrogens is 222 g/mol. The fourth-order valence-corrected chi connectivity index (χ4v) is 1.27. The van der Waals surface area contributed by atoms with Crippen LogP contribution in [0.3, 0.4) is 0 Å². The first-order valence-corrected chi connectivity index (χ1v) is 5.60. The highest BCUT2D eigenvalue weighted by Gasteiger charge is 2.19. The van der Waals surface area contributed by atoms with Gasteiger partial charge in [-0.25, -0.2) is 4.79 Å². The molecule has 1 N–H and O–H groups in total. The van der Waals surface area contributed by atoms with E-state index < -0.39 is 6.10 Å². The van der Waals surface area contributed by atoms with Gasteiger partial charge in [0, 0.05) is 0 Å².